The fourth-order valence-corrected chi connectivity index (χ4v) is 2.47. The van der Waals surface area contributed by atoms with Gasteiger partial charge in [-0.2, -0.15) is 0 Å². The summed E-state index contributed by atoms with van der Waals surface area (Å²) in [4.78, 5) is 0. The molecule has 1 aromatic carbocycles. The van der Waals surface area contributed by atoms with Crippen molar-refractivity contribution in [3.05, 3.63) is 29.8 Å². The van der Waals surface area contributed by atoms with Gasteiger partial charge in [0.05, 0.1) is 0 Å². The summed E-state index contributed by atoms with van der Waals surface area (Å²) >= 11 is 0. The Morgan fingerprint density at radius 1 is 1.14 bits per heavy atom. The molecule has 0 radical (unpaired) electrons. The molecule has 124 valence electrons. The number of rotatable bonds is 11. The van der Waals surface area contributed by atoms with Crippen LogP contribution >= 0.6 is 0 Å². The van der Waals surface area contributed by atoms with Crippen molar-refractivity contribution in [2.45, 2.75) is 57.4 Å². The molecule has 0 amide bonds. The average molecular weight is 308 g/mol. The van der Waals surface area contributed by atoms with Crippen LogP contribution < -0.4 is 11.1 Å². The van der Waals surface area contributed by atoms with Crippen molar-refractivity contribution < 1.29 is 15.2 Å². The van der Waals surface area contributed by atoms with E-state index in [1.54, 1.807) is 12.1 Å². The van der Waals surface area contributed by atoms with Crippen molar-refractivity contribution in [2.75, 3.05) is 6.54 Å². The number of hydrogen-bond acceptors (Lipinski definition) is 5. The minimum atomic E-state index is -1.21. The number of phenols is 1. The number of benzene rings is 1. The molecule has 6 heteroatoms. The van der Waals surface area contributed by atoms with Crippen LogP contribution in [0.1, 0.15) is 44.6 Å². The van der Waals surface area contributed by atoms with Crippen LogP contribution in [0.3, 0.4) is 0 Å². The lowest BCUT2D eigenvalue weighted by Gasteiger charge is -2.28. The fourth-order valence-electron chi connectivity index (χ4n) is 2.47. The molecule has 1 rings (SSSR count). The van der Waals surface area contributed by atoms with E-state index in [1.165, 1.54) is 0 Å². The van der Waals surface area contributed by atoms with Gasteiger partial charge in [-0.3, -0.25) is 0 Å². The monoisotopic (exact) mass is 308 g/mol. The standard InChI is InChI=1S/C16H29BN2O3/c1-2-16(18,9-3-4-11-17(21)22)10-12-19-13-14-5-7-15(20)8-6-14/h5-8,19-22H,2-4,9-13,18H2,1H3. The van der Waals surface area contributed by atoms with Gasteiger partial charge in [0.2, 0.25) is 0 Å². The summed E-state index contributed by atoms with van der Waals surface area (Å²) in [6, 6.07) is 7.17. The quantitative estimate of drug-likeness (QED) is 0.316. The van der Waals surface area contributed by atoms with Crippen LogP contribution in [0.15, 0.2) is 24.3 Å². The zero-order valence-electron chi connectivity index (χ0n) is 13.5. The molecule has 1 unspecified atom stereocenters. The molecule has 6 N–H and O–H groups in total. The van der Waals surface area contributed by atoms with E-state index < -0.39 is 7.12 Å². The molecule has 0 saturated carbocycles. The Kier molecular flexibility index (Phi) is 8.49. The maximum absolute atomic E-state index is 9.24. The summed E-state index contributed by atoms with van der Waals surface area (Å²) in [5, 5.41) is 30.3. The van der Waals surface area contributed by atoms with Crippen LogP contribution in [0, 0.1) is 0 Å². The van der Waals surface area contributed by atoms with E-state index in [0.717, 1.165) is 50.8 Å². The second-order valence-electron chi connectivity index (χ2n) is 6.04. The predicted molar refractivity (Wildman–Crippen MR) is 90.5 cm³/mol. The van der Waals surface area contributed by atoms with E-state index in [4.69, 9.17) is 15.8 Å². The SMILES string of the molecule is CCC(N)(CCCCB(O)O)CCNCc1ccc(O)cc1. The Morgan fingerprint density at radius 2 is 1.82 bits per heavy atom. The van der Waals surface area contributed by atoms with E-state index in [1.807, 2.05) is 12.1 Å². The number of nitrogens with one attached hydrogen (secondary N) is 1. The topological polar surface area (TPSA) is 98.7 Å². The number of nitrogens with two attached hydrogens (primary N) is 1. The molecule has 0 aliphatic heterocycles. The molecule has 5 nitrogen and oxygen atoms in total. The molecule has 0 aliphatic carbocycles. The zero-order chi connectivity index (χ0) is 16.4. The third-order valence-corrected chi connectivity index (χ3v) is 4.16. The summed E-state index contributed by atoms with van der Waals surface area (Å²) in [6.07, 6.45) is 4.83. The Balaban J connectivity index is 2.22. The van der Waals surface area contributed by atoms with Crippen molar-refractivity contribution in [3.8, 4) is 5.75 Å². The third kappa shape index (κ3) is 7.80. The Labute approximate surface area is 133 Å². The lowest BCUT2D eigenvalue weighted by Crippen LogP contribution is -2.41. The first-order chi connectivity index (χ1) is 10.4. The van der Waals surface area contributed by atoms with Gasteiger partial charge < -0.3 is 26.2 Å². The number of phenolic OH excluding ortho intramolecular Hbond substituents is 1. The maximum atomic E-state index is 9.24. The highest BCUT2D eigenvalue weighted by Gasteiger charge is 2.21. The Bertz CT molecular complexity index is 414. The molecule has 22 heavy (non-hydrogen) atoms. The van der Waals surface area contributed by atoms with Crippen LogP contribution in [-0.2, 0) is 6.54 Å². The summed E-state index contributed by atoms with van der Waals surface area (Å²) in [7, 11) is -1.21. The highest BCUT2D eigenvalue weighted by Crippen LogP contribution is 2.20. The number of aromatic hydroxyl groups is 1. The van der Waals surface area contributed by atoms with Gasteiger partial charge in [0, 0.05) is 12.1 Å². The van der Waals surface area contributed by atoms with Gasteiger partial charge in [-0.1, -0.05) is 31.9 Å². The van der Waals surface area contributed by atoms with Gasteiger partial charge in [0.15, 0.2) is 0 Å². The molecule has 0 saturated heterocycles. The molecule has 0 aliphatic rings. The molecule has 0 aromatic heterocycles. The van der Waals surface area contributed by atoms with Gasteiger partial charge in [0.1, 0.15) is 5.75 Å². The molecule has 0 bridgehead atoms. The zero-order valence-corrected chi connectivity index (χ0v) is 13.5. The first kappa shape index (κ1) is 19.0. The Morgan fingerprint density at radius 3 is 2.41 bits per heavy atom. The summed E-state index contributed by atoms with van der Waals surface area (Å²) in [5.74, 6) is 0.281. The normalized spacial score (nSPS) is 13.8. The summed E-state index contributed by atoms with van der Waals surface area (Å²) in [5.41, 5.74) is 7.36. The summed E-state index contributed by atoms with van der Waals surface area (Å²) < 4.78 is 0. The van der Waals surface area contributed by atoms with Crippen molar-refractivity contribution >= 4 is 7.12 Å². The van der Waals surface area contributed by atoms with Gasteiger partial charge in [-0.25, -0.2) is 0 Å². The number of hydrogen-bond donors (Lipinski definition) is 5. The van der Waals surface area contributed by atoms with E-state index in [2.05, 4.69) is 12.2 Å². The fraction of sp³-hybridized carbons (Fsp3) is 0.625. The second kappa shape index (κ2) is 9.84. The molecule has 1 atom stereocenters. The minimum absolute atomic E-state index is 0.192. The smallest absolute Gasteiger partial charge is 0.451 e. The molecular formula is C16H29BN2O3. The minimum Gasteiger partial charge on any atom is -0.508 e. The summed E-state index contributed by atoms with van der Waals surface area (Å²) in [6.45, 7) is 3.70. The predicted octanol–water partition coefficient (Wildman–Crippen LogP) is 1.62. The lowest BCUT2D eigenvalue weighted by molar-refractivity contribution is 0.332. The number of unbranched alkanes of at least 4 members (excludes halogenated alkanes) is 1. The first-order valence-electron chi connectivity index (χ1n) is 8.09. The van der Waals surface area contributed by atoms with E-state index in [0.29, 0.717) is 6.32 Å². The highest BCUT2D eigenvalue weighted by molar-refractivity contribution is 6.40. The molecule has 0 heterocycles. The molecule has 1 aromatic rings. The Hall–Kier alpha value is -1.08. The third-order valence-electron chi connectivity index (χ3n) is 4.16. The lowest BCUT2D eigenvalue weighted by atomic mass is 9.81. The first-order valence-corrected chi connectivity index (χ1v) is 8.09. The van der Waals surface area contributed by atoms with Crippen molar-refractivity contribution in [3.63, 3.8) is 0 Å². The largest absolute Gasteiger partial charge is 0.508 e. The van der Waals surface area contributed by atoms with Crippen LogP contribution in [0.5, 0.6) is 5.75 Å². The van der Waals surface area contributed by atoms with Crippen molar-refractivity contribution in [1.29, 1.82) is 0 Å². The van der Waals surface area contributed by atoms with Gasteiger partial charge >= 0.3 is 7.12 Å². The van der Waals surface area contributed by atoms with Crippen LogP contribution in [-0.4, -0.2) is 34.4 Å². The maximum Gasteiger partial charge on any atom is 0.451 e. The van der Waals surface area contributed by atoms with Crippen LogP contribution in [0.25, 0.3) is 0 Å². The highest BCUT2D eigenvalue weighted by atomic mass is 16.4. The van der Waals surface area contributed by atoms with Gasteiger partial charge in [0.25, 0.3) is 0 Å². The second-order valence-corrected chi connectivity index (χ2v) is 6.04. The van der Waals surface area contributed by atoms with Crippen LogP contribution in [0.4, 0.5) is 0 Å². The molecule has 0 fully saturated rings. The van der Waals surface area contributed by atoms with Gasteiger partial charge in [-0.05, 0) is 49.8 Å². The van der Waals surface area contributed by atoms with Crippen molar-refractivity contribution in [2.24, 2.45) is 5.73 Å². The van der Waals surface area contributed by atoms with Gasteiger partial charge in [-0.15, -0.1) is 0 Å². The van der Waals surface area contributed by atoms with E-state index >= 15 is 0 Å². The van der Waals surface area contributed by atoms with Crippen molar-refractivity contribution in [1.82, 2.24) is 5.32 Å². The molecular weight excluding hydrogens is 279 g/mol. The molecule has 0 spiro atoms. The van der Waals surface area contributed by atoms with E-state index in [9.17, 15) is 5.11 Å². The van der Waals surface area contributed by atoms with Crippen LogP contribution in [0.2, 0.25) is 6.32 Å². The average Bonchev–Trinajstić information content (AvgIpc) is 2.50. The van der Waals surface area contributed by atoms with E-state index in [-0.39, 0.29) is 11.3 Å².